The number of carbonyl (C=O) groups excluding carboxylic acids is 1. The second-order valence-electron chi connectivity index (χ2n) is 9.19. The largest absolute Gasteiger partial charge is 0.481 e. The highest BCUT2D eigenvalue weighted by molar-refractivity contribution is 5.94. The molecule has 7 nitrogen and oxygen atoms in total. The lowest BCUT2D eigenvalue weighted by molar-refractivity contribution is -0.137. The SMILES string of the molecule is CCn1nnc2c(C)c(C(CC(=O)O)c3ccc4c(c3)CN(C(=O)c3ccccc3F)CC4)ccc21. The molecular formula is C28H27FN4O3. The number of carboxylic acids is 1. The summed E-state index contributed by atoms with van der Waals surface area (Å²) in [6, 6.07) is 15.9. The van der Waals surface area contributed by atoms with Crippen molar-refractivity contribution in [2.24, 2.45) is 0 Å². The molecule has 1 aliphatic heterocycles. The second-order valence-corrected chi connectivity index (χ2v) is 9.19. The van der Waals surface area contributed by atoms with E-state index in [1.165, 1.54) is 12.1 Å². The van der Waals surface area contributed by atoms with Crippen molar-refractivity contribution in [2.75, 3.05) is 6.54 Å². The summed E-state index contributed by atoms with van der Waals surface area (Å²) in [5, 5.41) is 18.3. The minimum atomic E-state index is -0.897. The molecule has 5 rings (SSSR count). The third kappa shape index (κ3) is 4.23. The Kier molecular flexibility index (Phi) is 6.26. The van der Waals surface area contributed by atoms with Gasteiger partial charge < -0.3 is 10.0 Å². The van der Waals surface area contributed by atoms with Gasteiger partial charge in [-0.2, -0.15) is 0 Å². The maximum absolute atomic E-state index is 14.2. The number of aliphatic carboxylic acids is 1. The summed E-state index contributed by atoms with van der Waals surface area (Å²) in [5.74, 6) is -2.16. The van der Waals surface area contributed by atoms with Gasteiger partial charge in [0.2, 0.25) is 0 Å². The fraction of sp³-hybridized carbons (Fsp3) is 0.286. The fourth-order valence-electron chi connectivity index (χ4n) is 5.15. The van der Waals surface area contributed by atoms with Gasteiger partial charge in [0, 0.05) is 25.6 Å². The summed E-state index contributed by atoms with van der Waals surface area (Å²) in [6.45, 7) is 5.49. The van der Waals surface area contributed by atoms with Crippen LogP contribution in [-0.2, 0) is 24.3 Å². The molecule has 1 unspecified atom stereocenters. The molecule has 0 saturated carbocycles. The number of amides is 1. The molecule has 4 aromatic rings. The number of nitrogens with zero attached hydrogens (tertiary/aromatic N) is 4. The summed E-state index contributed by atoms with van der Waals surface area (Å²) in [5.41, 5.74) is 6.48. The van der Waals surface area contributed by atoms with Crippen molar-refractivity contribution >= 4 is 22.9 Å². The van der Waals surface area contributed by atoms with Crippen molar-refractivity contribution in [3.05, 3.63) is 93.8 Å². The van der Waals surface area contributed by atoms with Gasteiger partial charge in [0.1, 0.15) is 11.3 Å². The molecule has 0 spiro atoms. The van der Waals surface area contributed by atoms with E-state index >= 15 is 0 Å². The van der Waals surface area contributed by atoms with E-state index in [0.717, 1.165) is 38.9 Å². The first-order valence-electron chi connectivity index (χ1n) is 12.1. The summed E-state index contributed by atoms with van der Waals surface area (Å²) >= 11 is 0. The summed E-state index contributed by atoms with van der Waals surface area (Å²) < 4.78 is 16.0. The first-order chi connectivity index (χ1) is 17.4. The van der Waals surface area contributed by atoms with E-state index in [1.807, 2.05) is 48.9 Å². The average molecular weight is 487 g/mol. The Bertz CT molecular complexity index is 1480. The standard InChI is InChI=1S/C28H27FN4O3/c1-3-33-25-11-10-21(17(2)27(25)30-31-33)23(15-26(34)35)19-9-8-18-12-13-32(16-20(18)14-19)28(36)22-6-4-5-7-24(22)29/h4-11,14,23H,3,12-13,15-16H2,1-2H3,(H,34,35). The van der Waals surface area contributed by atoms with Gasteiger partial charge in [-0.05, 0) is 66.3 Å². The minimum Gasteiger partial charge on any atom is -0.481 e. The zero-order valence-corrected chi connectivity index (χ0v) is 20.2. The molecule has 1 atom stereocenters. The lowest BCUT2D eigenvalue weighted by Crippen LogP contribution is -2.36. The van der Waals surface area contributed by atoms with Crippen LogP contribution in [0.2, 0.25) is 0 Å². The molecule has 0 radical (unpaired) electrons. The molecule has 0 aliphatic carbocycles. The zero-order chi connectivity index (χ0) is 25.4. The number of aryl methyl sites for hydroxylation is 2. The molecule has 0 fully saturated rings. The Labute approximate surface area is 208 Å². The van der Waals surface area contributed by atoms with Gasteiger partial charge in [-0.3, -0.25) is 9.59 Å². The normalized spacial score (nSPS) is 14.0. The number of aromatic nitrogens is 3. The molecule has 8 heteroatoms. The van der Waals surface area contributed by atoms with Crippen LogP contribution in [0, 0.1) is 12.7 Å². The number of halogens is 1. The fourth-order valence-corrected chi connectivity index (χ4v) is 5.15. The van der Waals surface area contributed by atoms with Crippen LogP contribution < -0.4 is 0 Å². The van der Waals surface area contributed by atoms with Crippen LogP contribution in [-0.4, -0.2) is 43.4 Å². The summed E-state index contributed by atoms with van der Waals surface area (Å²) in [7, 11) is 0. The molecule has 0 bridgehead atoms. The lowest BCUT2D eigenvalue weighted by atomic mass is 9.83. The molecule has 2 heterocycles. The van der Waals surface area contributed by atoms with Gasteiger partial charge in [0.05, 0.1) is 17.5 Å². The van der Waals surface area contributed by atoms with Gasteiger partial charge in [0.15, 0.2) is 0 Å². The highest BCUT2D eigenvalue weighted by atomic mass is 19.1. The van der Waals surface area contributed by atoms with Crippen molar-refractivity contribution < 1.29 is 19.1 Å². The van der Waals surface area contributed by atoms with Crippen LogP contribution in [0.3, 0.4) is 0 Å². The summed E-state index contributed by atoms with van der Waals surface area (Å²) in [4.78, 5) is 26.5. The number of hydrogen-bond acceptors (Lipinski definition) is 4. The monoisotopic (exact) mass is 486 g/mol. The van der Waals surface area contributed by atoms with Crippen LogP contribution in [0.4, 0.5) is 4.39 Å². The Hall–Kier alpha value is -4.07. The van der Waals surface area contributed by atoms with Crippen LogP contribution >= 0.6 is 0 Å². The van der Waals surface area contributed by atoms with Crippen LogP contribution in [0.15, 0.2) is 54.6 Å². The molecule has 1 aliphatic rings. The number of hydrogen-bond donors (Lipinski definition) is 1. The van der Waals surface area contributed by atoms with E-state index in [2.05, 4.69) is 10.3 Å². The third-order valence-corrected chi connectivity index (χ3v) is 7.07. The maximum Gasteiger partial charge on any atom is 0.304 e. The molecule has 3 aromatic carbocycles. The Morgan fingerprint density at radius 1 is 1.11 bits per heavy atom. The first-order valence-corrected chi connectivity index (χ1v) is 12.1. The molecule has 1 aromatic heterocycles. The van der Waals surface area contributed by atoms with Crippen molar-refractivity contribution in [1.29, 1.82) is 0 Å². The number of carboxylic acid groups (broad SMARTS) is 1. The summed E-state index contributed by atoms with van der Waals surface area (Å²) in [6.07, 6.45) is 0.579. The first kappa shape index (κ1) is 23.7. The van der Waals surface area contributed by atoms with Crippen molar-refractivity contribution in [3.63, 3.8) is 0 Å². The number of rotatable bonds is 6. The van der Waals surface area contributed by atoms with E-state index in [-0.39, 0.29) is 23.8 Å². The predicted octanol–water partition coefficient (Wildman–Crippen LogP) is 4.70. The van der Waals surface area contributed by atoms with Crippen molar-refractivity contribution in [1.82, 2.24) is 19.9 Å². The van der Waals surface area contributed by atoms with Gasteiger partial charge >= 0.3 is 5.97 Å². The zero-order valence-electron chi connectivity index (χ0n) is 20.2. The second kappa shape index (κ2) is 9.53. The number of benzene rings is 3. The topological polar surface area (TPSA) is 88.3 Å². The minimum absolute atomic E-state index is 0.0601. The van der Waals surface area contributed by atoms with E-state index in [4.69, 9.17) is 0 Å². The van der Waals surface area contributed by atoms with Gasteiger partial charge in [-0.25, -0.2) is 9.07 Å². The Morgan fingerprint density at radius 3 is 2.67 bits per heavy atom. The van der Waals surface area contributed by atoms with Gasteiger partial charge in [-0.15, -0.1) is 5.10 Å². The van der Waals surface area contributed by atoms with E-state index in [9.17, 15) is 19.1 Å². The van der Waals surface area contributed by atoms with Gasteiger partial charge in [-0.1, -0.05) is 41.6 Å². The third-order valence-electron chi connectivity index (χ3n) is 7.07. The molecular weight excluding hydrogens is 459 g/mol. The van der Waals surface area contributed by atoms with E-state index < -0.39 is 11.8 Å². The highest BCUT2D eigenvalue weighted by Crippen LogP contribution is 2.35. The van der Waals surface area contributed by atoms with Crippen molar-refractivity contribution in [3.8, 4) is 0 Å². The lowest BCUT2D eigenvalue weighted by Gasteiger charge is -2.30. The van der Waals surface area contributed by atoms with E-state index in [0.29, 0.717) is 26.1 Å². The smallest absolute Gasteiger partial charge is 0.304 e. The van der Waals surface area contributed by atoms with Gasteiger partial charge in [0.25, 0.3) is 5.91 Å². The molecule has 1 amide bonds. The molecule has 1 N–H and O–H groups in total. The highest BCUT2D eigenvalue weighted by Gasteiger charge is 2.27. The molecule has 36 heavy (non-hydrogen) atoms. The van der Waals surface area contributed by atoms with Crippen LogP contribution in [0.25, 0.3) is 11.0 Å². The average Bonchev–Trinajstić information content (AvgIpc) is 3.31. The van der Waals surface area contributed by atoms with E-state index in [1.54, 1.807) is 17.0 Å². The van der Waals surface area contributed by atoms with Crippen LogP contribution in [0.5, 0.6) is 0 Å². The predicted molar refractivity (Wildman–Crippen MR) is 133 cm³/mol. The van der Waals surface area contributed by atoms with Crippen LogP contribution in [0.1, 0.15) is 57.4 Å². The number of fused-ring (bicyclic) bond motifs is 2. The maximum atomic E-state index is 14.2. The molecule has 0 saturated heterocycles. The molecule has 184 valence electrons. The Morgan fingerprint density at radius 2 is 1.92 bits per heavy atom. The Balaban J connectivity index is 1.50. The number of carbonyl (C=O) groups is 2. The van der Waals surface area contributed by atoms with Crippen molar-refractivity contribution in [2.45, 2.75) is 45.7 Å². The quantitative estimate of drug-likeness (QED) is 0.427.